The summed E-state index contributed by atoms with van der Waals surface area (Å²) in [4.78, 5) is 11.8. The molecule has 3 aliphatic heterocycles. The van der Waals surface area contributed by atoms with Crippen LogP contribution in [0.3, 0.4) is 0 Å². The molecular weight excluding hydrogens is 406 g/mol. The average molecular weight is 429 g/mol. The van der Waals surface area contributed by atoms with Gasteiger partial charge < -0.3 is 23.7 Å². The fraction of sp³-hybridized carbons (Fsp3) is 0.611. The highest BCUT2D eigenvalue weighted by Crippen LogP contribution is 2.41. The van der Waals surface area contributed by atoms with Crippen molar-refractivity contribution in [2.75, 3.05) is 13.7 Å². The Bertz CT molecular complexity index is 859. The first-order valence-corrected chi connectivity index (χ1v) is 10.5. The van der Waals surface area contributed by atoms with E-state index in [1.54, 1.807) is 13.8 Å². The lowest BCUT2D eigenvalue weighted by molar-refractivity contribution is -0.227. The summed E-state index contributed by atoms with van der Waals surface area (Å²) in [5.41, 5.74) is 0.934. The van der Waals surface area contributed by atoms with Crippen molar-refractivity contribution in [1.82, 2.24) is 4.31 Å². The molecule has 0 saturated carbocycles. The molecule has 160 valence electrons. The van der Waals surface area contributed by atoms with E-state index in [2.05, 4.69) is 4.74 Å². The molecule has 0 bridgehead atoms. The molecule has 1 amide bonds. The van der Waals surface area contributed by atoms with Gasteiger partial charge in [-0.2, -0.15) is 12.7 Å². The van der Waals surface area contributed by atoms with E-state index in [1.165, 1.54) is 0 Å². The molecule has 3 fully saturated rings. The average Bonchev–Trinajstić information content (AvgIpc) is 3.26. The molecule has 1 aromatic rings. The molecule has 0 spiro atoms. The van der Waals surface area contributed by atoms with Gasteiger partial charge in [-0.25, -0.2) is 8.98 Å². The smallest absolute Gasteiger partial charge is 0.425 e. The van der Waals surface area contributed by atoms with E-state index in [0.717, 1.165) is 12.7 Å². The molecule has 0 radical (unpaired) electrons. The molecule has 10 nitrogen and oxygen atoms in total. The quantitative estimate of drug-likeness (QED) is 0.696. The minimum absolute atomic E-state index is 0.256. The van der Waals surface area contributed by atoms with Crippen LogP contribution < -0.4 is 0 Å². The van der Waals surface area contributed by atoms with Crippen LogP contribution in [0.2, 0.25) is 0 Å². The fourth-order valence-electron chi connectivity index (χ4n) is 3.68. The number of nitrogens with zero attached hydrogens (tertiary/aromatic N) is 1. The zero-order chi connectivity index (χ0) is 20.8. The summed E-state index contributed by atoms with van der Waals surface area (Å²) in [5, 5.41) is 0. The van der Waals surface area contributed by atoms with E-state index < -0.39 is 52.9 Å². The van der Waals surface area contributed by atoms with Gasteiger partial charge in [-0.1, -0.05) is 30.3 Å². The van der Waals surface area contributed by atoms with Gasteiger partial charge in [0.1, 0.15) is 24.4 Å². The van der Waals surface area contributed by atoms with Crippen molar-refractivity contribution in [3.63, 3.8) is 0 Å². The fourth-order valence-corrected chi connectivity index (χ4v) is 4.85. The van der Waals surface area contributed by atoms with Crippen LogP contribution in [0.5, 0.6) is 0 Å². The Morgan fingerprint density at radius 2 is 1.93 bits per heavy atom. The van der Waals surface area contributed by atoms with Gasteiger partial charge in [0.25, 0.3) is 0 Å². The van der Waals surface area contributed by atoms with Crippen LogP contribution in [-0.2, 0) is 44.8 Å². The summed E-state index contributed by atoms with van der Waals surface area (Å²) in [5.74, 6) is -0.866. The highest BCUT2D eigenvalue weighted by atomic mass is 32.2. The number of hydrogen-bond donors (Lipinski definition) is 0. The van der Waals surface area contributed by atoms with Gasteiger partial charge in [0, 0.05) is 0 Å². The van der Waals surface area contributed by atoms with Crippen molar-refractivity contribution in [2.24, 2.45) is 0 Å². The Hall–Kier alpha value is -1.76. The van der Waals surface area contributed by atoms with Crippen LogP contribution in [0.4, 0.5) is 4.79 Å². The maximum atomic E-state index is 12.2. The number of fused-ring (bicyclic) bond motifs is 1. The second-order valence-corrected chi connectivity index (χ2v) is 8.91. The van der Waals surface area contributed by atoms with Gasteiger partial charge in [0.05, 0.1) is 20.3 Å². The number of methoxy groups -OCH3 is 1. The van der Waals surface area contributed by atoms with E-state index in [4.69, 9.17) is 23.1 Å². The summed E-state index contributed by atoms with van der Waals surface area (Å²) in [6.45, 7) is 3.52. The number of rotatable bonds is 4. The number of carbonyl (C=O) groups excluding carboxylic acids is 1. The second-order valence-electron chi connectivity index (χ2n) is 7.42. The third kappa shape index (κ3) is 3.98. The van der Waals surface area contributed by atoms with Crippen molar-refractivity contribution in [3.8, 4) is 0 Å². The molecular formula is C18H23NO9S. The third-order valence-corrected chi connectivity index (χ3v) is 6.25. The Balaban J connectivity index is 1.54. The Kier molecular flexibility index (Phi) is 5.30. The number of hydrogen-bond acceptors (Lipinski definition) is 9. The van der Waals surface area contributed by atoms with Crippen molar-refractivity contribution in [2.45, 2.75) is 56.9 Å². The summed E-state index contributed by atoms with van der Waals surface area (Å²) in [6.07, 6.45) is -4.82. The number of benzene rings is 1. The molecule has 4 rings (SSSR count). The van der Waals surface area contributed by atoms with Gasteiger partial charge >= 0.3 is 16.4 Å². The molecule has 0 unspecified atom stereocenters. The van der Waals surface area contributed by atoms with Crippen LogP contribution >= 0.6 is 0 Å². The maximum Gasteiger partial charge on any atom is 0.425 e. The van der Waals surface area contributed by atoms with E-state index in [9.17, 15) is 13.2 Å². The third-order valence-electron chi connectivity index (χ3n) is 4.92. The lowest BCUT2D eigenvalue weighted by atomic mass is 10.1. The number of ether oxygens (including phenoxy) is 5. The zero-order valence-corrected chi connectivity index (χ0v) is 17.0. The molecule has 29 heavy (non-hydrogen) atoms. The van der Waals surface area contributed by atoms with Crippen LogP contribution in [0, 0.1) is 0 Å². The van der Waals surface area contributed by atoms with Gasteiger partial charge in [-0.15, -0.1) is 0 Å². The predicted molar refractivity (Wildman–Crippen MR) is 96.6 cm³/mol. The van der Waals surface area contributed by atoms with Crippen LogP contribution in [0.25, 0.3) is 0 Å². The first-order chi connectivity index (χ1) is 13.7. The highest BCUT2D eigenvalue weighted by Gasteiger charge is 2.60. The van der Waals surface area contributed by atoms with Gasteiger partial charge in [-0.05, 0) is 19.4 Å². The first kappa shape index (κ1) is 20.5. The molecule has 3 aliphatic rings. The van der Waals surface area contributed by atoms with Crippen LogP contribution in [0.15, 0.2) is 30.3 Å². The molecule has 0 aromatic heterocycles. The molecule has 0 N–H and O–H groups in total. The summed E-state index contributed by atoms with van der Waals surface area (Å²) < 4.78 is 58.3. The standard InChI is InChI=1S/C18H23NO9S/c1-18(2)26-15-14(24-10-11-7-5-4-6-8-11)13(25-16(15)27-18)12-9-19(17(20)23-3)29(21,22)28-12/h4-8,12-16H,9-10H2,1-3H3/t12-,13+,14-,15+,16+/m0/s1. The van der Waals surface area contributed by atoms with Crippen molar-refractivity contribution in [1.29, 1.82) is 0 Å². The molecule has 3 saturated heterocycles. The molecule has 5 atom stereocenters. The molecule has 0 aliphatic carbocycles. The first-order valence-electron chi connectivity index (χ1n) is 9.16. The SMILES string of the molecule is COC(=O)N1C[C@@H]([C@H]2O[C@@H]3OC(C)(C)O[C@@H]3[C@H]2OCc2ccccc2)OS1(=O)=O. The summed E-state index contributed by atoms with van der Waals surface area (Å²) >= 11 is 0. The monoisotopic (exact) mass is 429 g/mol. The van der Waals surface area contributed by atoms with E-state index in [1.807, 2.05) is 30.3 Å². The Labute approximate surface area is 168 Å². The minimum Gasteiger partial charge on any atom is -0.452 e. The summed E-state index contributed by atoms with van der Waals surface area (Å²) in [6, 6.07) is 9.50. The Morgan fingerprint density at radius 1 is 1.21 bits per heavy atom. The van der Waals surface area contributed by atoms with Crippen LogP contribution in [-0.4, -0.2) is 69.0 Å². The topological polar surface area (TPSA) is 110 Å². The lowest BCUT2D eigenvalue weighted by Gasteiger charge is -2.27. The molecule has 1 aromatic carbocycles. The molecule has 3 heterocycles. The van der Waals surface area contributed by atoms with E-state index in [-0.39, 0.29) is 13.2 Å². The van der Waals surface area contributed by atoms with E-state index >= 15 is 0 Å². The lowest BCUT2D eigenvalue weighted by Crippen LogP contribution is -2.44. The summed E-state index contributed by atoms with van der Waals surface area (Å²) in [7, 11) is -3.19. The number of amides is 1. The highest BCUT2D eigenvalue weighted by molar-refractivity contribution is 7.85. The number of carbonyl (C=O) groups is 1. The minimum atomic E-state index is -4.28. The normalized spacial score (nSPS) is 34.9. The van der Waals surface area contributed by atoms with Gasteiger partial charge in [-0.3, -0.25) is 0 Å². The second kappa shape index (κ2) is 7.49. The van der Waals surface area contributed by atoms with Gasteiger partial charge in [0.2, 0.25) is 0 Å². The predicted octanol–water partition coefficient (Wildman–Crippen LogP) is 1.16. The van der Waals surface area contributed by atoms with Crippen LogP contribution in [0.1, 0.15) is 19.4 Å². The van der Waals surface area contributed by atoms with Crippen molar-refractivity contribution < 1.29 is 41.1 Å². The maximum absolute atomic E-state index is 12.2. The van der Waals surface area contributed by atoms with Crippen molar-refractivity contribution >= 4 is 16.4 Å². The van der Waals surface area contributed by atoms with Gasteiger partial charge in [0.15, 0.2) is 12.1 Å². The zero-order valence-electron chi connectivity index (χ0n) is 16.2. The van der Waals surface area contributed by atoms with Crippen molar-refractivity contribution in [3.05, 3.63) is 35.9 Å². The Morgan fingerprint density at radius 3 is 2.62 bits per heavy atom. The molecule has 11 heteroatoms. The largest absolute Gasteiger partial charge is 0.452 e. The van der Waals surface area contributed by atoms with E-state index in [0.29, 0.717) is 4.31 Å².